The van der Waals surface area contributed by atoms with E-state index in [9.17, 15) is 0 Å². The molecule has 5 heteroatoms. The number of rotatable bonds is 2. The molecule has 0 radical (unpaired) electrons. The summed E-state index contributed by atoms with van der Waals surface area (Å²) in [5, 5.41) is 4.26. The zero-order valence-corrected chi connectivity index (χ0v) is 9.99. The highest BCUT2D eigenvalue weighted by molar-refractivity contribution is 5.55. The van der Waals surface area contributed by atoms with Gasteiger partial charge in [0.25, 0.3) is 0 Å². The molecule has 90 valence electrons. The predicted molar refractivity (Wildman–Crippen MR) is 68.0 cm³/mol. The van der Waals surface area contributed by atoms with Crippen molar-refractivity contribution >= 4 is 5.52 Å². The molecule has 5 nitrogen and oxygen atoms in total. The zero-order valence-electron chi connectivity index (χ0n) is 9.99. The average molecular weight is 239 g/mol. The van der Waals surface area contributed by atoms with Crippen molar-refractivity contribution in [2.75, 3.05) is 0 Å². The Bertz CT molecular complexity index is 688. The van der Waals surface area contributed by atoms with E-state index >= 15 is 0 Å². The first-order chi connectivity index (χ1) is 8.75. The first-order valence-electron chi connectivity index (χ1n) is 5.70. The van der Waals surface area contributed by atoms with Gasteiger partial charge in [0.05, 0.1) is 24.0 Å². The van der Waals surface area contributed by atoms with Gasteiger partial charge in [-0.3, -0.25) is 9.97 Å². The second-order valence-electron chi connectivity index (χ2n) is 4.28. The maximum atomic E-state index is 6.27. The fraction of sp³-hybridized carbons (Fsp3) is 0.154. The lowest BCUT2D eigenvalue weighted by Gasteiger charge is -2.10. The summed E-state index contributed by atoms with van der Waals surface area (Å²) in [6, 6.07) is 1.80. The third-order valence-corrected chi connectivity index (χ3v) is 2.94. The topological polar surface area (TPSA) is 69.1 Å². The minimum Gasteiger partial charge on any atom is -0.320 e. The van der Waals surface area contributed by atoms with Gasteiger partial charge in [-0.1, -0.05) is 6.07 Å². The van der Waals surface area contributed by atoms with Crippen molar-refractivity contribution < 1.29 is 0 Å². The number of hydrogen-bond acceptors (Lipinski definition) is 4. The number of nitrogens with two attached hydrogens (primary N) is 1. The van der Waals surface area contributed by atoms with E-state index in [0.717, 1.165) is 22.2 Å². The Kier molecular flexibility index (Phi) is 2.53. The van der Waals surface area contributed by atoms with Gasteiger partial charge in [-0.25, -0.2) is 4.52 Å². The van der Waals surface area contributed by atoms with Crippen LogP contribution in [0.15, 0.2) is 43.2 Å². The first-order valence-corrected chi connectivity index (χ1v) is 5.70. The van der Waals surface area contributed by atoms with Gasteiger partial charge >= 0.3 is 0 Å². The van der Waals surface area contributed by atoms with E-state index in [-0.39, 0.29) is 6.04 Å². The Morgan fingerprint density at radius 3 is 2.89 bits per heavy atom. The number of aryl methyl sites for hydroxylation is 1. The molecule has 0 fully saturated rings. The third kappa shape index (κ3) is 1.74. The Morgan fingerprint density at radius 1 is 1.17 bits per heavy atom. The maximum absolute atomic E-state index is 6.27. The molecule has 0 spiro atoms. The molecule has 0 bridgehead atoms. The van der Waals surface area contributed by atoms with Crippen LogP contribution in [0, 0.1) is 6.92 Å². The van der Waals surface area contributed by atoms with Gasteiger partial charge in [0.15, 0.2) is 0 Å². The van der Waals surface area contributed by atoms with Gasteiger partial charge in [0.2, 0.25) is 0 Å². The van der Waals surface area contributed by atoms with Crippen molar-refractivity contribution in [1.82, 2.24) is 19.6 Å². The zero-order chi connectivity index (χ0) is 12.5. The number of aromatic nitrogens is 4. The summed E-state index contributed by atoms with van der Waals surface area (Å²) in [4.78, 5) is 8.28. The largest absolute Gasteiger partial charge is 0.320 e. The fourth-order valence-corrected chi connectivity index (χ4v) is 2.02. The van der Waals surface area contributed by atoms with Crippen molar-refractivity contribution in [2.24, 2.45) is 5.73 Å². The number of pyridine rings is 1. The number of hydrogen-bond donors (Lipinski definition) is 1. The van der Waals surface area contributed by atoms with Gasteiger partial charge in [-0.2, -0.15) is 5.10 Å². The van der Waals surface area contributed by atoms with Crippen molar-refractivity contribution in [3.05, 3.63) is 59.9 Å². The molecule has 0 aliphatic heterocycles. The van der Waals surface area contributed by atoms with Gasteiger partial charge in [0, 0.05) is 30.4 Å². The molecule has 1 atom stereocenters. The molecule has 3 rings (SSSR count). The summed E-state index contributed by atoms with van der Waals surface area (Å²) >= 11 is 0. The average Bonchev–Trinajstić information content (AvgIpc) is 2.82. The first kappa shape index (κ1) is 10.9. The van der Waals surface area contributed by atoms with E-state index < -0.39 is 0 Å². The Balaban J connectivity index is 2.09. The molecule has 3 heterocycles. The summed E-state index contributed by atoms with van der Waals surface area (Å²) < 4.78 is 1.77. The summed E-state index contributed by atoms with van der Waals surface area (Å²) in [5.74, 6) is 0. The van der Waals surface area contributed by atoms with Crippen molar-refractivity contribution in [3.63, 3.8) is 0 Å². The SMILES string of the molecule is Cc1cncc(C(N)c2cnn3ccncc23)c1. The van der Waals surface area contributed by atoms with E-state index in [4.69, 9.17) is 5.73 Å². The Hall–Kier alpha value is -2.27. The maximum Gasteiger partial charge on any atom is 0.0896 e. The van der Waals surface area contributed by atoms with Crippen LogP contribution >= 0.6 is 0 Å². The molecule has 0 aromatic carbocycles. The highest BCUT2D eigenvalue weighted by Gasteiger charge is 2.14. The molecule has 0 aliphatic rings. The van der Waals surface area contributed by atoms with Crippen molar-refractivity contribution in [3.8, 4) is 0 Å². The van der Waals surface area contributed by atoms with Crippen LogP contribution in [-0.2, 0) is 0 Å². The second kappa shape index (κ2) is 4.19. The van der Waals surface area contributed by atoms with Crippen molar-refractivity contribution in [1.29, 1.82) is 0 Å². The lowest BCUT2D eigenvalue weighted by molar-refractivity contribution is 0.868. The van der Waals surface area contributed by atoms with Crippen LogP contribution in [0.2, 0.25) is 0 Å². The summed E-state index contributed by atoms with van der Waals surface area (Å²) in [7, 11) is 0. The molecule has 3 aromatic heterocycles. The molecule has 0 saturated heterocycles. The van der Waals surface area contributed by atoms with Crippen LogP contribution in [0.4, 0.5) is 0 Å². The van der Waals surface area contributed by atoms with Crippen LogP contribution < -0.4 is 5.73 Å². The van der Waals surface area contributed by atoms with Crippen LogP contribution in [0.25, 0.3) is 5.52 Å². The van der Waals surface area contributed by atoms with Gasteiger partial charge in [0.1, 0.15) is 0 Å². The molecule has 1 unspecified atom stereocenters. The second-order valence-corrected chi connectivity index (χ2v) is 4.28. The van der Waals surface area contributed by atoms with E-state index in [1.54, 1.807) is 35.5 Å². The number of nitrogens with zero attached hydrogens (tertiary/aromatic N) is 4. The van der Waals surface area contributed by atoms with Gasteiger partial charge < -0.3 is 5.73 Å². The van der Waals surface area contributed by atoms with Gasteiger partial charge in [-0.05, 0) is 18.1 Å². The van der Waals surface area contributed by atoms with E-state index in [1.165, 1.54) is 0 Å². The third-order valence-electron chi connectivity index (χ3n) is 2.94. The van der Waals surface area contributed by atoms with Crippen LogP contribution in [0.1, 0.15) is 22.7 Å². The molecule has 2 N–H and O–H groups in total. The smallest absolute Gasteiger partial charge is 0.0896 e. The van der Waals surface area contributed by atoms with E-state index in [2.05, 4.69) is 15.1 Å². The van der Waals surface area contributed by atoms with E-state index in [1.807, 2.05) is 19.2 Å². The molecular weight excluding hydrogens is 226 g/mol. The van der Waals surface area contributed by atoms with E-state index in [0.29, 0.717) is 0 Å². The van der Waals surface area contributed by atoms with Crippen LogP contribution in [0.3, 0.4) is 0 Å². The van der Waals surface area contributed by atoms with Crippen molar-refractivity contribution in [2.45, 2.75) is 13.0 Å². The highest BCUT2D eigenvalue weighted by Crippen LogP contribution is 2.22. The minimum atomic E-state index is -0.237. The minimum absolute atomic E-state index is 0.237. The molecule has 0 saturated carbocycles. The molecule has 3 aromatic rings. The standard InChI is InChI=1S/C13H13N5/c1-9-4-10(6-16-5-9)13(14)11-7-17-18-3-2-15-8-12(11)18/h2-8,13H,14H2,1H3. The molecular formula is C13H13N5. The lowest BCUT2D eigenvalue weighted by Crippen LogP contribution is -2.12. The summed E-state index contributed by atoms with van der Waals surface area (Å²) in [5.41, 5.74) is 10.2. The molecule has 0 amide bonds. The monoisotopic (exact) mass is 239 g/mol. The Morgan fingerprint density at radius 2 is 2.06 bits per heavy atom. The molecule has 0 aliphatic carbocycles. The predicted octanol–water partition coefficient (Wildman–Crippen LogP) is 1.48. The quantitative estimate of drug-likeness (QED) is 0.735. The van der Waals surface area contributed by atoms with Crippen LogP contribution in [-0.4, -0.2) is 19.6 Å². The lowest BCUT2D eigenvalue weighted by atomic mass is 10.0. The Labute approximate surface area is 104 Å². The van der Waals surface area contributed by atoms with Crippen LogP contribution in [0.5, 0.6) is 0 Å². The van der Waals surface area contributed by atoms with Gasteiger partial charge in [-0.15, -0.1) is 0 Å². The highest BCUT2D eigenvalue weighted by atomic mass is 15.2. The fourth-order valence-electron chi connectivity index (χ4n) is 2.02. The molecule has 18 heavy (non-hydrogen) atoms. The summed E-state index contributed by atoms with van der Waals surface area (Å²) in [6.45, 7) is 2.00. The normalized spacial score (nSPS) is 12.8. The number of fused-ring (bicyclic) bond motifs is 1. The summed E-state index contributed by atoms with van der Waals surface area (Å²) in [6.07, 6.45) is 10.7.